The van der Waals surface area contributed by atoms with Crippen LogP contribution in [0.3, 0.4) is 0 Å². The van der Waals surface area contributed by atoms with E-state index in [1.165, 1.54) is 13.7 Å². The van der Waals surface area contributed by atoms with Crippen LogP contribution in [0.5, 0.6) is 0 Å². The van der Waals surface area contributed by atoms with Crippen molar-refractivity contribution < 1.29 is 0 Å². The Kier molecular flexibility index (Phi) is 6.44. The first kappa shape index (κ1) is 14.7. The first-order valence-electron chi connectivity index (χ1n) is 4.33. The van der Waals surface area contributed by atoms with Crippen molar-refractivity contribution in [2.75, 3.05) is 0 Å². The summed E-state index contributed by atoms with van der Waals surface area (Å²) in [6, 6.07) is 10.4. The Morgan fingerprint density at radius 3 is 2.07 bits per heavy atom. The first-order chi connectivity index (χ1) is 6.96. The minimum absolute atomic E-state index is 1.03. The van der Waals surface area contributed by atoms with Gasteiger partial charge >= 0.3 is 123 Å². The van der Waals surface area contributed by atoms with Crippen LogP contribution in [-0.4, -0.2) is 11.6 Å². The van der Waals surface area contributed by atoms with Crippen molar-refractivity contribution in [3.05, 3.63) is 39.5 Å². The molecule has 0 radical (unpaired) electrons. The molecule has 5 heteroatoms. The standard InChI is InChI=1S/C10H10Br4Te/c1-2-9(15(12,13)14)10(11)8-6-4-3-5-7-8/h3-7H,2H2,1H3/b10-9-. The molecule has 0 aliphatic heterocycles. The molecule has 0 atom stereocenters. The number of hydrogen-bond acceptors (Lipinski definition) is 0. The number of allylic oxidation sites excluding steroid dienone is 1. The van der Waals surface area contributed by atoms with Crippen molar-refractivity contribution in [3.8, 4) is 0 Å². The van der Waals surface area contributed by atoms with Gasteiger partial charge in [-0.25, -0.2) is 0 Å². The third kappa shape index (κ3) is 4.44. The zero-order chi connectivity index (χ0) is 11.5. The van der Waals surface area contributed by atoms with Crippen LogP contribution < -0.4 is 0 Å². The Labute approximate surface area is 121 Å². The third-order valence-corrected chi connectivity index (χ3v) is 14.5. The average Bonchev–Trinajstić information content (AvgIpc) is 2.18. The van der Waals surface area contributed by atoms with E-state index in [-0.39, 0.29) is 0 Å². The average molecular weight is 577 g/mol. The van der Waals surface area contributed by atoms with Gasteiger partial charge < -0.3 is 0 Å². The van der Waals surface area contributed by atoms with Gasteiger partial charge in [-0.15, -0.1) is 0 Å². The van der Waals surface area contributed by atoms with E-state index in [2.05, 4.69) is 85.4 Å². The van der Waals surface area contributed by atoms with E-state index >= 15 is 0 Å². The van der Waals surface area contributed by atoms with Gasteiger partial charge in [0.05, 0.1) is 0 Å². The minimum atomic E-state index is -2.29. The summed E-state index contributed by atoms with van der Waals surface area (Å²) in [5, 5.41) is 0. The molecular weight excluding hydrogens is 567 g/mol. The zero-order valence-electron chi connectivity index (χ0n) is 8.01. The summed E-state index contributed by atoms with van der Waals surface area (Å²) in [6.45, 7) is 2.17. The molecule has 0 bridgehead atoms. The summed E-state index contributed by atoms with van der Waals surface area (Å²) < 4.78 is 2.60. The molecule has 0 heterocycles. The van der Waals surface area contributed by atoms with E-state index in [4.69, 9.17) is 0 Å². The molecule has 1 aromatic rings. The quantitative estimate of drug-likeness (QED) is 0.395. The molecule has 0 aromatic heterocycles. The fraction of sp³-hybridized carbons (Fsp3) is 0.200. The third-order valence-electron chi connectivity index (χ3n) is 1.87. The molecule has 0 N–H and O–H groups in total. The number of hydrogen-bond donors (Lipinski definition) is 0. The fourth-order valence-corrected chi connectivity index (χ4v) is 17.4. The van der Waals surface area contributed by atoms with Gasteiger partial charge in [-0.3, -0.25) is 0 Å². The van der Waals surface area contributed by atoms with Gasteiger partial charge in [-0.1, -0.05) is 0 Å². The molecule has 1 rings (SSSR count). The van der Waals surface area contributed by atoms with Crippen LogP contribution in [0, 0.1) is 0 Å². The summed E-state index contributed by atoms with van der Waals surface area (Å²) >= 11 is 12.6. The van der Waals surface area contributed by atoms with Crippen molar-refractivity contribution in [2.45, 2.75) is 13.3 Å². The van der Waals surface area contributed by atoms with Gasteiger partial charge in [-0.05, 0) is 0 Å². The summed E-state index contributed by atoms with van der Waals surface area (Å²) in [7, 11) is 0. The van der Waals surface area contributed by atoms with E-state index in [9.17, 15) is 0 Å². The number of halogens is 4. The Morgan fingerprint density at radius 2 is 1.67 bits per heavy atom. The van der Waals surface area contributed by atoms with Gasteiger partial charge in [-0.2, -0.15) is 0 Å². The van der Waals surface area contributed by atoms with Crippen molar-refractivity contribution in [3.63, 3.8) is 0 Å². The van der Waals surface area contributed by atoms with Crippen LogP contribution in [0.2, 0.25) is 0 Å². The van der Waals surface area contributed by atoms with Crippen molar-refractivity contribution in [2.24, 2.45) is 0 Å². The molecule has 0 fully saturated rings. The van der Waals surface area contributed by atoms with E-state index in [1.807, 2.05) is 6.07 Å². The summed E-state index contributed by atoms with van der Waals surface area (Å²) in [4.78, 5) is 0. The van der Waals surface area contributed by atoms with Gasteiger partial charge in [0.25, 0.3) is 0 Å². The summed E-state index contributed by atoms with van der Waals surface area (Å²) in [5.41, 5.74) is 1.23. The molecule has 0 amide bonds. The van der Waals surface area contributed by atoms with Crippen molar-refractivity contribution in [1.29, 1.82) is 0 Å². The maximum absolute atomic E-state index is 3.74. The predicted molar refractivity (Wildman–Crippen MR) is 85.1 cm³/mol. The molecule has 1 aromatic carbocycles. The topological polar surface area (TPSA) is 0 Å². The Balaban J connectivity index is 3.19. The first-order valence-corrected chi connectivity index (χ1v) is 22.0. The molecule has 0 aliphatic rings. The SMILES string of the molecule is CC/C(=C(/Br)c1ccccc1)[Te](Br)(Br)Br. The molecule has 0 aliphatic carbocycles. The second-order valence-electron chi connectivity index (χ2n) is 2.86. The Morgan fingerprint density at radius 1 is 1.13 bits per heavy atom. The molecule has 0 saturated heterocycles. The molecule has 84 valence electrons. The van der Waals surface area contributed by atoms with Crippen LogP contribution in [0.15, 0.2) is 34.0 Å². The number of rotatable bonds is 3. The molecule has 0 nitrogen and oxygen atoms in total. The van der Waals surface area contributed by atoms with Crippen LogP contribution in [0.1, 0.15) is 18.9 Å². The van der Waals surface area contributed by atoms with E-state index in [0.717, 1.165) is 6.42 Å². The summed E-state index contributed by atoms with van der Waals surface area (Å²) in [5.74, 6) is 0. The second kappa shape index (κ2) is 6.56. The number of benzene rings is 1. The zero-order valence-corrected chi connectivity index (χ0v) is 16.7. The van der Waals surface area contributed by atoms with E-state index in [0.29, 0.717) is 0 Å². The molecule has 0 saturated carbocycles. The van der Waals surface area contributed by atoms with Gasteiger partial charge in [0.1, 0.15) is 0 Å². The van der Waals surface area contributed by atoms with Crippen molar-refractivity contribution >= 4 is 70.2 Å². The second-order valence-corrected chi connectivity index (χ2v) is 44.4. The van der Waals surface area contributed by atoms with Gasteiger partial charge in [0, 0.05) is 0 Å². The molecule has 15 heavy (non-hydrogen) atoms. The molecule has 0 unspecified atom stereocenters. The van der Waals surface area contributed by atoms with Gasteiger partial charge in [0.2, 0.25) is 0 Å². The summed E-state index contributed by atoms with van der Waals surface area (Å²) in [6.07, 6.45) is 1.03. The van der Waals surface area contributed by atoms with Crippen molar-refractivity contribution in [1.82, 2.24) is 0 Å². The van der Waals surface area contributed by atoms with Crippen LogP contribution >= 0.6 is 54.2 Å². The Hall–Kier alpha value is 1.67. The predicted octanol–water partition coefficient (Wildman–Crippen LogP) is 5.87. The maximum atomic E-state index is 3.74. The van der Waals surface area contributed by atoms with E-state index < -0.39 is 11.6 Å². The fourth-order valence-electron chi connectivity index (χ4n) is 1.17. The normalized spacial score (nSPS) is 14.7. The molecular formula is C10H10Br4Te. The monoisotopic (exact) mass is 576 g/mol. The van der Waals surface area contributed by atoms with Crippen LogP contribution in [0.4, 0.5) is 0 Å². The van der Waals surface area contributed by atoms with Gasteiger partial charge in [0.15, 0.2) is 0 Å². The van der Waals surface area contributed by atoms with Crippen LogP contribution in [-0.2, 0) is 0 Å². The Bertz CT molecular complexity index is 353. The van der Waals surface area contributed by atoms with E-state index in [1.54, 1.807) is 0 Å². The molecule has 0 spiro atoms. The van der Waals surface area contributed by atoms with Crippen LogP contribution in [0.25, 0.3) is 4.48 Å².